The SMILES string of the molecule is C1CNC(CN2CCNCC2)=N1. The van der Waals surface area contributed by atoms with Gasteiger partial charge in [-0.3, -0.25) is 9.89 Å². The van der Waals surface area contributed by atoms with Crippen LogP contribution in [0.3, 0.4) is 0 Å². The highest BCUT2D eigenvalue weighted by Gasteiger charge is 2.13. The fraction of sp³-hybridized carbons (Fsp3) is 0.875. The second kappa shape index (κ2) is 3.87. The van der Waals surface area contributed by atoms with E-state index < -0.39 is 0 Å². The van der Waals surface area contributed by atoms with Crippen molar-refractivity contribution in [1.82, 2.24) is 15.5 Å². The fourth-order valence-electron chi connectivity index (χ4n) is 1.63. The molecule has 0 aromatic carbocycles. The van der Waals surface area contributed by atoms with Crippen molar-refractivity contribution in [2.24, 2.45) is 4.99 Å². The Bertz CT molecular complexity index is 172. The third kappa shape index (κ3) is 1.95. The van der Waals surface area contributed by atoms with Gasteiger partial charge >= 0.3 is 0 Å². The molecule has 2 aliphatic rings. The number of rotatable bonds is 2. The molecule has 68 valence electrons. The molecule has 4 nitrogen and oxygen atoms in total. The lowest BCUT2D eigenvalue weighted by molar-refractivity contribution is 0.270. The van der Waals surface area contributed by atoms with Gasteiger partial charge < -0.3 is 10.6 Å². The van der Waals surface area contributed by atoms with Crippen molar-refractivity contribution in [3.63, 3.8) is 0 Å². The standard InChI is InChI=1S/C8H16N4/c1-2-11-8(10-1)7-12-5-3-9-4-6-12/h9H,1-7H2,(H,10,11). The minimum absolute atomic E-state index is 0.960. The summed E-state index contributed by atoms with van der Waals surface area (Å²) in [7, 11) is 0. The van der Waals surface area contributed by atoms with Gasteiger partial charge in [0, 0.05) is 32.7 Å². The van der Waals surface area contributed by atoms with E-state index in [0.29, 0.717) is 0 Å². The zero-order chi connectivity index (χ0) is 8.23. The molecule has 0 aliphatic carbocycles. The normalized spacial score (nSPS) is 25.2. The average molecular weight is 168 g/mol. The Morgan fingerprint density at radius 2 is 2.08 bits per heavy atom. The van der Waals surface area contributed by atoms with Crippen LogP contribution in [0, 0.1) is 0 Å². The zero-order valence-corrected chi connectivity index (χ0v) is 7.34. The Hall–Kier alpha value is -0.610. The molecule has 2 N–H and O–H groups in total. The maximum atomic E-state index is 4.37. The molecule has 1 fully saturated rings. The van der Waals surface area contributed by atoms with Crippen LogP contribution in [0.5, 0.6) is 0 Å². The Kier molecular flexibility index (Phi) is 2.58. The maximum Gasteiger partial charge on any atom is 0.111 e. The topological polar surface area (TPSA) is 39.7 Å². The van der Waals surface area contributed by atoms with Gasteiger partial charge in [0.1, 0.15) is 5.84 Å². The monoisotopic (exact) mass is 168 g/mol. The van der Waals surface area contributed by atoms with Gasteiger partial charge in [-0.25, -0.2) is 0 Å². The molecule has 0 radical (unpaired) electrons. The van der Waals surface area contributed by atoms with Crippen LogP contribution in [0.15, 0.2) is 4.99 Å². The van der Waals surface area contributed by atoms with Crippen LogP contribution in [0.25, 0.3) is 0 Å². The summed E-state index contributed by atoms with van der Waals surface area (Å²) in [5.74, 6) is 1.18. The van der Waals surface area contributed by atoms with E-state index in [1.807, 2.05) is 0 Å². The number of hydrogen-bond donors (Lipinski definition) is 2. The molecule has 12 heavy (non-hydrogen) atoms. The van der Waals surface area contributed by atoms with Crippen molar-refractivity contribution >= 4 is 5.84 Å². The average Bonchev–Trinajstić information content (AvgIpc) is 2.59. The van der Waals surface area contributed by atoms with E-state index in [9.17, 15) is 0 Å². The second-order valence-corrected chi connectivity index (χ2v) is 3.28. The van der Waals surface area contributed by atoms with Crippen molar-refractivity contribution in [3.05, 3.63) is 0 Å². The highest BCUT2D eigenvalue weighted by Crippen LogP contribution is 1.94. The first kappa shape index (κ1) is 8.01. The summed E-state index contributed by atoms with van der Waals surface area (Å²) in [5.41, 5.74) is 0. The summed E-state index contributed by atoms with van der Waals surface area (Å²) in [6, 6.07) is 0. The Morgan fingerprint density at radius 1 is 1.25 bits per heavy atom. The quantitative estimate of drug-likeness (QED) is 0.549. The van der Waals surface area contributed by atoms with Gasteiger partial charge in [0.15, 0.2) is 0 Å². The number of nitrogens with zero attached hydrogens (tertiary/aromatic N) is 2. The fourth-order valence-corrected chi connectivity index (χ4v) is 1.63. The Labute approximate surface area is 73.0 Å². The molecule has 0 amide bonds. The van der Waals surface area contributed by atoms with Crippen molar-refractivity contribution in [3.8, 4) is 0 Å². The number of hydrogen-bond acceptors (Lipinski definition) is 4. The van der Waals surface area contributed by atoms with Gasteiger partial charge in [-0.05, 0) is 0 Å². The van der Waals surface area contributed by atoms with Gasteiger partial charge in [-0.2, -0.15) is 0 Å². The smallest absolute Gasteiger partial charge is 0.111 e. The molecule has 4 heteroatoms. The molecule has 2 rings (SSSR count). The molecule has 1 saturated heterocycles. The summed E-state index contributed by atoms with van der Waals surface area (Å²) < 4.78 is 0. The van der Waals surface area contributed by atoms with E-state index in [0.717, 1.165) is 45.8 Å². The van der Waals surface area contributed by atoms with E-state index in [1.54, 1.807) is 0 Å². The predicted octanol–water partition coefficient (Wildman–Crippen LogP) is -1.11. The van der Waals surface area contributed by atoms with Gasteiger partial charge in [0.2, 0.25) is 0 Å². The molecule has 0 atom stereocenters. The lowest BCUT2D eigenvalue weighted by atomic mass is 10.3. The first-order chi connectivity index (χ1) is 5.95. The van der Waals surface area contributed by atoms with E-state index in [2.05, 4.69) is 20.5 Å². The largest absolute Gasteiger partial charge is 0.371 e. The van der Waals surface area contributed by atoms with Crippen LogP contribution in [0.1, 0.15) is 0 Å². The van der Waals surface area contributed by atoms with Crippen LogP contribution in [-0.2, 0) is 0 Å². The number of nitrogens with one attached hydrogen (secondary N) is 2. The molecule has 0 saturated carbocycles. The van der Waals surface area contributed by atoms with E-state index >= 15 is 0 Å². The first-order valence-electron chi connectivity index (χ1n) is 4.65. The summed E-state index contributed by atoms with van der Waals surface area (Å²) >= 11 is 0. The number of amidine groups is 1. The molecule has 0 spiro atoms. The van der Waals surface area contributed by atoms with E-state index in [1.165, 1.54) is 5.84 Å². The zero-order valence-electron chi connectivity index (χ0n) is 7.34. The van der Waals surface area contributed by atoms with Crippen LogP contribution >= 0.6 is 0 Å². The highest BCUT2D eigenvalue weighted by molar-refractivity contribution is 5.85. The molecule has 0 bridgehead atoms. The van der Waals surface area contributed by atoms with Crippen LogP contribution in [0.4, 0.5) is 0 Å². The first-order valence-corrected chi connectivity index (χ1v) is 4.65. The summed E-state index contributed by atoms with van der Waals surface area (Å²) in [4.78, 5) is 6.81. The van der Waals surface area contributed by atoms with Gasteiger partial charge in [0.05, 0.1) is 13.1 Å². The molecule has 0 aromatic rings. The molecule has 0 unspecified atom stereocenters. The summed E-state index contributed by atoms with van der Waals surface area (Å²) in [5, 5.41) is 6.63. The lowest BCUT2D eigenvalue weighted by Crippen LogP contribution is -2.46. The van der Waals surface area contributed by atoms with Crippen LogP contribution in [-0.4, -0.2) is 56.5 Å². The van der Waals surface area contributed by atoms with Crippen LogP contribution in [0.2, 0.25) is 0 Å². The molecular formula is C8H16N4. The van der Waals surface area contributed by atoms with Gasteiger partial charge in [-0.15, -0.1) is 0 Å². The van der Waals surface area contributed by atoms with Crippen molar-refractivity contribution in [2.75, 3.05) is 45.8 Å². The molecule has 2 aliphatic heterocycles. The maximum absolute atomic E-state index is 4.37. The van der Waals surface area contributed by atoms with Crippen molar-refractivity contribution < 1.29 is 0 Å². The van der Waals surface area contributed by atoms with E-state index in [-0.39, 0.29) is 0 Å². The molecular weight excluding hydrogens is 152 g/mol. The minimum atomic E-state index is 0.960. The molecule has 0 aromatic heterocycles. The molecule has 2 heterocycles. The summed E-state index contributed by atoms with van der Waals surface area (Å²) in [6.45, 7) is 7.55. The second-order valence-electron chi connectivity index (χ2n) is 3.28. The van der Waals surface area contributed by atoms with E-state index in [4.69, 9.17) is 0 Å². The van der Waals surface area contributed by atoms with Crippen molar-refractivity contribution in [1.29, 1.82) is 0 Å². The third-order valence-corrected chi connectivity index (χ3v) is 2.33. The van der Waals surface area contributed by atoms with Gasteiger partial charge in [0.25, 0.3) is 0 Å². The highest BCUT2D eigenvalue weighted by atomic mass is 15.2. The van der Waals surface area contributed by atoms with Crippen LogP contribution < -0.4 is 10.6 Å². The Morgan fingerprint density at radius 3 is 2.75 bits per heavy atom. The lowest BCUT2D eigenvalue weighted by Gasteiger charge is -2.26. The third-order valence-electron chi connectivity index (χ3n) is 2.33. The Balaban J connectivity index is 1.77. The summed E-state index contributed by atoms with van der Waals surface area (Å²) in [6.07, 6.45) is 0. The minimum Gasteiger partial charge on any atom is -0.371 e. The number of aliphatic imine (C=N–C) groups is 1. The van der Waals surface area contributed by atoms with Gasteiger partial charge in [-0.1, -0.05) is 0 Å². The predicted molar refractivity (Wildman–Crippen MR) is 49.6 cm³/mol. The number of piperazine rings is 1. The van der Waals surface area contributed by atoms with Crippen molar-refractivity contribution in [2.45, 2.75) is 0 Å².